The predicted molar refractivity (Wildman–Crippen MR) is 118 cm³/mol. The fourth-order valence-corrected chi connectivity index (χ4v) is 5.67. The molecule has 2 unspecified atom stereocenters. The third kappa shape index (κ3) is 4.73. The number of furan rings is 1. The topological polar surface area (TPSA) is 65.8 Å². The first-order valence-electron chi connectivity index (χ1n) is 10.7. The van der Waals surface area contributed by atoms with Crippen molar-refractivity contribution in [3.63, 3.8) is 0 Å². The third-order valence-electron chi connectivity index (χ3n) is 5.90. The van der Waals surface area contributed by atoms with Gasteiger partial charge in [-0.3, -0.25) is 14.5 Å². The molecule has 2 saturated heterocycles. The van der Waals surface area contributed by atoms with Gasteiger partial charge in [0, 0.05) is 43.4 Å². The van der Waals surface area contributed by atoms with Crippen LogP contribution in [0, 0.1) is 0 Å². The molecule has 0 bridgehead atoms. The highest BCUT2D eigenvalue weighted by atomic mass is 32.2. The standard InChI is InChI=1S/C23H29N3O3S/c1-2-21(27)26-20(16-30-23(26)18-10-13-29-15-18)22(28)24-19-8-11-25(12-9-19)14-17-6-4-3-5-7-17/h3-7,10,13,15,19-20,23H,2,8-9,11-12,14,16H2,1H3,(H,24,28). The highest BCUT2D eigenvalue weighted by Crippen LogP contribution is 2.42. The molecule has 0 saturated carbocycles. The average molecular weight is 428 g/mol. The van der Waals surface area contributed by atoms with E-state index in [4.69, 9.17) is 4.42 Å². The van der Waals surface area contributed by atoms with Crippen molar-refractivity contribution in [2.24, 2.45) is 0 Å². The molecular formula is C23H29N3O3S. The molecule has 2 aromatic rings. The number of likely N-dealkylation sites (tertiary alicyclic amines) is 1. The Bertz CT molecular complexity index is 835. The lowest BCUT2D eigenvalue weighted by Gasteiger charge is -2.34. The number of piperidine rings is 1. The number of hydrogen-bond acceptors (Lipinski definition) is 5. The van der Waals surface area contributed by atoms with Gasteiger partial charge in [-0.15, -0.1) is 11.8 Å². The van der Waals surface area contributed by atoms with Gasteiger partial charge in [0.1, 0.15) is 11.4 Å². The molecule has 160 valence electrons. The molecular weight excluding hydrogens is 398 g/mol. The van der Waals surface area contributed by atoms with Gasteiger partial charge in [0.15, 0.2) is 0 Å². The Hall–Kier alpha value is -2.25. The summed E-state index contributed by atoms with van der Waals surface area (Å²) in [6.07, 6.45) is 5.53. The van der Waals surface area contributed by atoms with Crippen LogP contribution in [-0.2, 0) is 16.1 Å². The molecule has 3 heterocycles. The highest BCUT2D eigenvalue weighted by Gasteiger charge is 2.42. The minimum Gasteiger partial charge on any atom is -0.472 e. The fourth-order valence-electron chi connectivity index (χ4n) is 4.24. The number of hydrogen-bond donors (Lipinski definition) is 1. The van der Waals surface area contributed by atoms with E-state index in [1.54, 1.807) is 29.2 Å². The number of nitrogens with zero attached hydrogens (tertiary/aromatic N) is 2. The number of carbonyl (C=O) groups excluding carboxylic acids is 2. The van der Waals surface area contributed by atoms with Crippen LogP contribution in [0.2, 0.25) is 0 Å². The second-order valence-electron chi connectivity index (χ2n) is 7.96. The molecule has 1 aromatic heterocycles. The van der Waals surface area contributed by atoms with Crippen molar-refractivity contribution in [3.8, 4) is 0 Å². The fraction of sp³-hybridized carbons (Fsp3) is 0.478. The van der Waals surface area contributed by atoms with E-state index in [2.05, 4.69) is 34.5 Å². The van der Waals surface area contributed by atoms with Crippen LogP contribution in [0.4, 0.5) is 0 Å². The van der Waals surface area contributed by atoms with Gasteiger partial charge < -0.3 is 14.6 Å². The van der Waals surface area contributed by atoms with Crippen molar-refractivity contribution in [1.82, 2.24) is 15.1 Å². The Morgan fingerprint density at radius 1 is 1.17 bits per heavy atom. The first-order valence-corrected chi connectivity index (χ1v) is 11.7. The molecule has 7 heteroatoms. The van der Waals surface area contributed by atoms with E-state index in [1.807, 2.05) is 19.1 Å². The molecule has 6 nitrogen and oxygen atoms in total. The zero-order valence-electron chi connectivity index (χ0n) is 17.3. The summed E-state index contributed by atoms with van der Waals surface area (Å²) in [5, 5.41) is 3.07. The van der Waals surface area contributed by atoms with E-state index in [0.717, 1.165) is 38.0 Å². The third-order valence-corrected chi connectivity index (χ3v) is 7.23. The highest BCUT2D eigenvalue weighted by molar-refractivity contribution is 7.99. The van der Waals surface area contributed by atoms with Crippen molar-refractivity contribution in [2.75, 3.05) is 18.8 Å². The van der Waals surface area contributed by atoms with Crippen LogP contribution in [0.25, 0.3) is 0 Å². The smallest absolute Gasteiger partial charge is 0.243 e. The van der Waals surface area contributed by atoms with Crippen LogP contribution in [0.15, 0.2) is 53.3 Å². The van der Waals surface area contributed by atoms with Gasteiger partial charge in [-0.05, 0) is 24.5 Å². The largest absolute Gasteiger partial charge is 0.472 e. The maximum atomic E-state index is 13.1. The molecule has 0 aliphatic carbocycles. The first kappa shape index (κ1) is 21.0. The Balaban J connectivity index is 1.33. The average Bonchev–Trinajstić information content (AvgIpc) is 3.45. The molecule has 1 N–H and O–H groups in total. The molecule has 2 fully saturated rings. The minimum absolute atomic E-state index is 0.00373. The molecule has 2 amide bonds. The van der Waals surface area contributed by atoms with Gasteiger partial charge in [0.25, 0.3) is 0 Å². The number of nitrogens with one attached hydrogen (secondary N) is 1. The van der Waals surface area contributed by atoms with Gasteiger partial charge in [-0.25, -0.2) is 0 Å². The number of benzene rings is 1. The summed E-state index contributed by atoms with van der Waals surface area (Å²) in [5.41, 5.74) is 2.26. The zero-order chi connectivity index (χ0) is 20.9. The van der Waals surface area contributed by atoms with E-state index in [9.17, 15) is 9.59 Å². The monoisotopic (exact) mass is 427 g/mol. The van der Waals surface area contributed by atoms with Crippen LogP contribution >= 0.6 is 11.8 Å². The van der Waals surface area contributed by atoms with Crippen molar-refractivity contribution in [1.29, 1.82) is 0 Å². The van der Waals surface area contributed by atoms with Gasteiger partial charge in [-0.2, -0.15) is 0 Å². The van der Waals surface area contributed by atoms with Crippen molar-refractivity contribution in [2.45, 2.75) is 50.2 Å². The molecule has 4 rings (SSSR count). The summed E-state index contributed by atoms with van der Waals surface area (Å²) >= 11 is 1.63. The lowest BCUT2D eigenvalue weighted by Crippen LogP contribution is -2.52. The normalized spacial score (nSPS) is 22.9. The van der Waals surface area contributed by atoms with E-state index in [1.165, 1.54) is 5.56 Å². The summed E-state index contributed by atoms with van der Waals surface area (Å²) in [4.78, 5) is 29.9. The minimum atomic E-state index is -0.426. The second kappa shape index (κ2) is 9.71. The molecule has 1 aromatic carbocycles. The molecule has 30 heavy (non-hydrogen) atoms. The first-order chi connectivity index (χ1) is 14.7. The second-order valence-corrected chi connectivity index (χ2v) is 9.07. The Labute approximate surface area is 182 Å². The zero-order valence-corrected chi connectivity index (χ0v) is 18.1. The summed E-state index contributed by atoms with van der Waals surface area (Å²) < 4.78 is 5.20. The van der Waals surface area contributed by atoms with Crippen LogP contribution in [0.1, 0.15) is 42.7 Å². The summed E-state index contributed by atoms with van der Waals surface area (Å²) in [5.74, 6) is 0.584. The Kier molecular flexibility index (Phi) is 6.79. The van der Waals surface area contributed by atoms with Crippen molar-refractivity contribution < 1.29 is 14.0 Å². The van der Waals surface area contributed by atoms with Crippen LogP contribution in [-0.4, -0.2) is 52.5 Å². The van der Waals surface area contributed by atoms with Crippen LogP contribution in [0.3, 0.4) is 0 Å². The summed E-state index contributed by atoms with van der Waals surface area (Å²) in [6.45, 7) is 4.73. The van der Waals surface area contributed by atoms with Crippen LogP contribution in [0.5, 0.6) is 0 Å². The number of amides is 2. The molecule has 2 aliphatic heterocycles. The Morgan fingerprint density at radius 3 is 2.60 bits per heavy atom. The predicted octanol–water partition coefficient (Wildman–Crippen LogP) is 3.41. The van der Waals surface area contributed by atoms with E-state index < -0.39 is 6.04 Å². The lowest BCUT2D eigenvalue weighted by atomic mass is 10.0. The van der Waals surface area contributed by atoms with Crippen molar-refractivity contribution >= 4 is 23.6 Å². The number of carbonyl (C=O) groups is 2. The maximum Gasteiger partial charge on any atom is 0.243 e. The molecule has 2 atom stereocenters. The van der Waals surface area contributed by atoms with E-state index in [-0.39, 0.29) is 23.2 Å². The van der Waals surface area contributed by atoms with Crippen molar-refractivity contribution in [3.05, 3.63) is 60.1 Å². The van der Waals surface area contributed by atoms with Gasteiger partial charge >= 0.3 is 0 Å². The quantitative estimate of drug-likeness (QED) is 0.765. The summed E-state index contributed by atoms with van der Waals surface area (Å²) in [6, 6.07) is 12.1. The van der Waals surface area contributed by atoms with Gasteiger partial charge in [-0.1, -0.05) is 37.3 Å². The lowest BCUT2D eigenvalue weighted by molar-refractivity contribution is -0.140. The van der Waals surface area contributed by atoms with Crippen LogP contribution < -0.4 is 5.32 Å². The summed E-state index contributed by atoms with van der Waals surface area (Å²) in [7, 11) is 0. The maximum absolute atomic E-state index is 13.1. The van der Waals surface area contributed by atoms with Gasteiger partial charge in [0.05, 0.1) is 12.5 Å². The molecule has 2 aliphatic rings. The molecule has 0 spiro atoms. The van der Waals surface area contributed by atoms with E-state index >= 15 is 0 Å². The van der Waals surface area contributed by atoms with E-state index in [0.29, 0.717) is 12.2 Å². The number of thioether (sulfide) groups is 1. The van der Waals surface area contributed by atoms with Gasteiger partial charge in [0.2, 0.25) is 11.8 Å². The SMILES string of the molecule is CCC(=O)N1C(C(=O)NC2CCN(Cc3ccccc3)CC2)CSC1c1ccoc1. The number of rotatable bonds is 6. The molecule has 0 radical (unpaired) electrons. The Morgan fingerprint density at radius 2 is 1.93 bits per heavy atom.